The molecule has 192 valence electrons. The van der Waals surface area contributed by atoms with Crippen molar-refractivity contribution in [2.45, 2.75) is 32.1 Å². The van der Waals surface area contributed by atoms with E-state index in [0.717, 1.165) is 35.4 Å². The van der Waals surface area contributed by atoms with Crippen LogP contribution in [0.5, 0.6) is 0 Å². The van der Waals surface area contributed by atoms with Crippen LogP contribution in [0, 0.1) is 5.82 Å². The number of alkyl halides is 3. The van der Waals surface area contributed by atoms with Gasteiger partial charge in [-0.2, -0.15) is 13.2 Å². The van der Waals surface area contributed by atoms with E-state index in [2.05, 4.69) is 5.32 Å². The van der Waals surface area contributed by atoms with E-state index in [1.807, 2.05) is 0 Å². The van der Waals surface area contributed by atoms with Crippen molar-refractivity contribution in [1.29, 1.82) is 0 Å². The van der Waals surface area contributed by atoms with E-state index >= 15 is 0 Å². The maximum absolute atomic E-state index is 13.3. The molecule has 0 saturated heterocycles. The third-order valence-corrected chi connectivity index (χ3v) is 6.59. The number of anilines is 1. The van der Waals surface area contributed by atoms with E-state index in [4.69, 9.17) is 11.6 Å². The van der Waals surface area contributed by atoms with E-state index in [0.29, 0.717) is 15.9 Å². The molecular weight excluding hydrogens is 514 g/mol. The number of likely N-dealkylation sites (N-methyl/N-ethyl adjacent to an activating group) is 1. The summed E-state index contributed by atoms with van der Waals surface area (Å²) in [5.41, 5.74) is -1.23. The van der Waals surface area contributed by atoms with Crippen molar-refractivity contribution >= 4 is 39.1 Å². The molecule has 1 unspecified atom stereocenters. The van der Waals surface area contributed by atoms with Crippen LogP contribution in [0.4, 0.5) is 23.2 Å². The van der Waals surface area contributed by atoms with Gasteiger partial charge in [-0.05, 0) is 42.3 Å². The predicted octanol–water partition coefficient (Wildman–Crippen LogP) is 3.82. The second kappa shape index (κ2) is 11.3. The summed E-state index contributed by atoms with van der Waals surface area (Å²) >= 11 is 5.63. The molecule has 0 aliphatic rings. The second-order valence-corrected chi connectivity index (χ2v) is 9.93. The number of carbonyl (C=O) groups excluding carboxylic acids is 2. The summed E-state index contributed by atoms with van der Waals surface area (Å²) in [7, 11) is -2.87. The Hall–Kier alpha value is -2.86. The minimum atomic E-state index is -4.86. The highest BCUT2D eigenvalue weighted by Gasteiger charge is 2.36. The Labute approximate surface area is 205 Å². The largest absolute Gasteiger partial charge is 0.417 e. The maximum Gasteiger partial charge on any atom is 0.417 e. The number of sulfonamides is 1. The molecule has 0 radical (unpaired) electrons. The Kier molecular flexibility index (Phi) is 9.12. The van der Waals surface area contributed by atoms with Gasteiger partial charge in [0, 0.05) is 13.6 Å². The van der Waals surface area contributed by atoms with Crippen LogP contribution in [0.15, 0.2) is 42.5 Å². The van der Waals surface area contributed by atoms with E-state index < -0.39 is 62.7 Å². The standard InChI is InChI=1S/C22H24ClF4N3O4S/c1-4-19(21(32)28-2)29(12-14-5-7-15(24)8-6-14)20(31)13-30(35(3,33)34)16-9-10-18(23)17(11-16)22(25,26)27/h5-11,19H,4,12-13H2,1-3H3,(H,28,32). The zero-order valence-corrected chi connectivity index (χ0v) is 20.6. The Balaban J connectivity index is 2.50. The van der Waals surface area contributed by atoms with Gasteiger partial charge in [-0.15, -0.1) is 0 Å². The highest BCUT2D eigenvalue weighted by atomic mass is 35.5. The monoisotopic (exact) mass is 537 g/mol. The minimum absolute atomic E-state index is 0.157. The normalized spacial score (nSPS) is 12.7. The van der Waals surface area contributed by atoms with E-state index in [-0.39, 0.29) is 13.0 Å². The minimum Gasteiger partial charge on any atom is -0.357 e. The molecule has 0 heterocycles. The number of hydrogen-bond donors (Lipinski definition) is 1. The lowest BCUT2D eigenvalue weighted by Crippen LogP contribution is -2.51. The van der Waals surface area contributed by atoms with Gasteiger partial charge in [0.2, 0.25) is 21.8 Å². The van der Waals surface area contributed by atoms with Crippen LogP contribution in [0.25, 0.3) is 0 Å². The molecule has 0 aromatic heterocycles. The quantitative estimate of drug-likeness (QED) is 0.493. The van der Waals surface area contributed by atoms with Crippen LogP contribution in [0.2, 0.25) is 5.02 Å². The number of benzene rings is 2. The van der Waals surface area contributed by atoms with Gasteiger partial charge in [0.15, 0.2) is 0 Å². The summed E-state index contributed by atoms with van der Waals surface area (Å²) in [5, 5.41) is 1.79. The van der Waals surface area contributed by atoms with Crippen LogP contribution in [-0.4, -0.2) is 51.0 Å². The van der Waals surface area contributed by atoms with Crippen molar-refractivity contribution in [3.63, 3.8) is 0 Å². The van der Waals surface area contributed by atoms with Gasteiger partial charge >= 0.3 is 6.18 Å². The SMILES string of the molecule is CCC(C(=O)NC)N(Cc1ccc(F)cc1)C(=O)CN(c1ccc(Cl)c(C(F)(F)F)c1)S(C)(=O)=O. The zero-order valence-electron chi connectivity index (χ0n) is 19.1. The first-order valence-electron chi connectivity index (χ1n) is 10.3. The fraction of sp³-hybridized carbons (Fsp3) is 0.364. The molecular formula is C22H24ClF4N3O4S. The lowest BCUT2D eigenvalue weighted by Gasteiger charge is -2.32. The summed E-state index contributed by atoms with van der Waals surface area (Å²) in [6.07, 6.45) is -3.96. The van der Waals surface area contributed by atoms with E-state index in [1.54, 1.807) is 6.92 Å². The molecule has 13 heteroatoms. The summed E-state index contributed by atoms with van der Waals surface area (Å²) in [6, 6.07) is 6.57. The molecule has 1 N–H and O–H groups in total. The Bertz CT molecular complexity index is 1170. The van der Waals surface area contributed by atoms with Crippen LogP contribution in [0.3, 0.4) is 0 Å². The topological polar surface area (TPSA) is 86.8 Å². The van der Waals surface area contributed by atoms with Crippen molar-refractivity contribution in [2.24, 2.45) is 0 Å². The van der Waals surface area contributed by atoms with Gasteiger partial charge in [0.05, 0.1) is 22.5 Å². The molecule has 0 saturated carbocycles. The molecule has 0 bridgehead atoms. The average molecular weight is 538 g/mol. The predicted molar refractivity (Wildman–Crippen MR) is 124 cm³/mol. The fourth-order valence-corrected chi connectivity index (χ4v) is 4.44. The molecule has 0 aliphatic heterocycles. The van der Waals surface area contributed by atoms with Gasteiger partial charge < -0.3 is 10.2 Å². The zero-order chi connectivity index (χ0) is 26.6. The second-order valence-electron chi connectivity index (χ2n) is 7.62. The highest BCUT2D eigenvalue weighted by Crippen LogP contribution is 2.37. The van der Waals surface area contributed by atoms with Crippen LogP contribution in [0.1, 0.15) is 24.5 Å². The first-order valence-corrected chi connectivity index (χ1v) is 12.5. The molecule has 2 rings (SSSR count). The molecule has 0 spiro atoms. The molecule has 1 atom stereocenters. The van der Waals surface area contributed by atoms with Gasteiger partial charge in [-0.25, -0.2) is 12.8 Å². The Morgan fingerprint density at radius 3 is 2.20 bits per heavy atom. The van der Waals surface area contributed by atoms with Crippen molar-refractivity contribution in [3.8, 4) is 0 Å². The third kappa shape index (κ3) is 7.31. The number of amides is 2. The Morgan fingerprint density at radius 1 is 1.11 bits per heavy atom. The lowest BCUT2D eigenvalue weighted by atomic mass is 10.1. The number of hydrogen-bond acceptors (Lipinski definition) is 4. The Morgan fingerprint density at radius 2 is 1.71 bits per heavy atom. The molecule has 7 nitrogen and oxygen atoms in total. The molecule has 2 aromatic rings. The highest BCUT2D eigenvalue weighted by molar-refractivity contribution is 7.92. The van der Waals surface area contributed by atoms with Crippen molar-refractivity contribution in [3.05, 3.63) is 64.4 Å². The van der Waals surface area contributed by atoms with Gasteiger partial charge in [0.1, 0.15) is 18.4 Å². The van der Waals surface area contributed by atoms with Gasteiger partial charge in [0.25, 0.3) is 0 Å². The summed E-state index contributed by atoms with van der Waals surface area (Å²) < 4.78 is 78.8. The number of halogens is 5. The third-order valence-electron chi connectivity index (χ3n) is 5.12. The number of carbonyl (C=O) groups is 2. The van der Waals surface area contributed by atoms with Crippen molar-refractivity contribution < 1.29 is 35.6 Å². The first kappa shape index (κ1) is 28.4. The summed E-state index contributed by atoms with van der Waals surface area (Å²) in [5.74, 6) is -1.89. The summed E-state index contributed by atoms with van der Waals surface area (Å²) in [4.78, 5) is 26.9. The van der Waals surface area contributed by atoms with Crippen LogP contribution < -0.4 is 9.62 Å². The number of rotatable bonds is 9. The van der Waals surface area contributed by atoms with Crippen molar-refractivity contribution in [2.75, 3.05) is 24.2 Å². The fourth-order valence-electron chi connectivity index (χ4n) is 3.37. The molecule has 0 fully saturated rings. The lowest BCUT2D eigenvalue weighted by molar-refractivity contribution is -0.140. The molecule has 35 heavy (non-hydrogen) atoms. The number of nitrogens with one attached hydrogen (secondary N) is 1. The molecule has 2 aromatic carbocycles. The smallest absolute Gasteiger partial charge is 0.357 e. The summed E-state index contributed by atoms with van der Waals surface area (Å²) in [6.45, 7) is 0.581. The van der Waals surface area contributed by atoms with Crippen LogP contribution >= 0.6 is 11.6 Å². The van der Waals surface area contributed by atoms with E-state index in [9.17, 15) is 35.6 Å². The molecule has 2 amide bonds. The molecule has 0 aliphatic carbocycles. The van der Waals surface area contributed by atoms with E-state index in [1.165, 1.54) is 19.2 Å². The van der Waals surface area contributed by atoms with Crippen LogP contribution in [-0.2, 0) is 32.3 Å². The van der Waals surface area contributed by atoms with Crippen molar-refractivity contribution in [1.82, 2.24) is 10.2 Å². The van der Waals surface area contributed by atoms with Gasteiger partial charge in [-0.1, -0.05) is 30.7 Å². The maximum atomic E-state index is 13.3. The average Bonchev–Trinajstić information content (AvgIpc) is 2.77. The van der Waals surface area contributed by atoms with Gasteiger partial charge in [-0.3, -0.25) is 13.9 Å². The first-order chi connectivity index (χ1) is 16.2. The number of nitrogens with zero attached hydrogens (tertiary/aromatic N) is 2.